The summed E-state index contributed by atoms with van der Waals surface area (Å²) in [6.07, 6.45) is 1.81. The van der Waals surface area contributed by atoms with Gasteiger partial charge in [0.1, 0.15) is 14.2 Å². The van der Waals surface area contributed by atoms with E-state index >= 15 is 0 Å². The number of thioether (sulfide) groups is 1. The molecule has 0 bridgehead atoms. The van der Waals surface area contributed by atoms with Crippen LogP contribution in [-0.2, 0) is 4.74 Å². The molecule has 0 amide bonds. The monoisotopic (exact) mass is 404 g/mol. The lowest BCUT2D eigenvalue weighted by Gasteiger charge is -2.13. The third-order valence-electron chi connectivity index (χ3n) is 3.60. The summed E-state index contributed by atoms with van der Waals surface area (Å²) < 4.78 is 5.96. The predicted molar refractivity (Wildman–Crippen MR) is 126 cm³/mol. The van der Waals surface area contributed by atoms with Crippen molar-refractivity contribution in [3.63, 3.8) is 0 Å². The summed E-state index contributed by atoms with van der Waals surface area (Å²) in [6, 6.07) is 20.6. The van der Waals surface area contributed by atoms with E-state index in [1.54, 1.807) is 11.8 Å². The van der Waals surface area contributed by atoms with Gasteiger partial charge >= 0.3 is 0 Å². The first-order valence-electron chi connectivity index (χ1n) is 9.55. The van der Waals surface area contributed by atoms with Gasteiger partial charge in [0.25, 0.3) is 0 Å². The predicted octanol–water partition coefficient (Wildman–Crippen LogP) is 6.15. The molecule has 0 fully saturated rings. The van der Waals surface area contributed by atoms with Crippen LogP contribution in [0, 0.1) is 23.3 Å². The molecule has 1 unspecified atom stereocenters. The highest BCUT2D eigenvalue weighted by molar-refractivity contribution is 7.99. The van der Waals surface area contributed by atoms with Crippen molar-refractivity contribution in [3.8, 4) is 23.3 Å². The molecule has 0 aliphatic carbocycles. The minimum Gasteiger partial charge on any atom is -0.360 e. The Bertz CT molecular complexity index is 875. The summed E-state index contributed by atoms with van der Waals surface area (Å²) in [5.41, 5.74) is 5.48. The van der Waals surface area contributed by atoms with Gasteiger partial charge in [-0.1, -0.05) is 85.9 Å². The molecule has 0 N–H and O–H groups in total. The summed E-state index contributed by atoms with van der Waals surface area (Å²) in [4.78, 5) is 1.23. The van der Waals surface area contributed by atoms with Gasteiger partial charge in [-0.15, -0.1) is 17.3 Å². The van der Waals surface area contributed by atoms with Crippen molar-refractivity contribution in [1.82, 2.24) is 0 Å². The topological polar surface area (TPSA) is 9.23 Å². The van der Waals surface area contributed by atoms with Gasteiger partial charge in [-0.3, -0.25) is 0 Å². The zero-order valence-corrected chi connectivity index (χ0v) is 19.0. The van der Waals surface area contributed by atoms with Crippen LogP contribution in [0.4, 0.5) is 0 Å². The smallest absolute Gasteiger partial charge is 0.150 e. The van der Waals surface area contributed by atoms with E-state index in [1.165, 1.54) is 4.90 Å². The van der Waals surface area contributed by atoms with Crippen molar-refractivity contribution in [1.29, 1.82) is 0 Å². The lowest BCUT2D eigenvalue weighted by Crippen LogP contribution is -2.20. The Labute approximate surface area is 175 Å². The molecule has 28 heavy (non-hydrogen) atoms. The Morgan fingerprint density at radius 3 is 2.29 bits per heavy atom. The Morgan fingerprint density at radius 1 is 1.04 bits per heavy atom. The summed E-state index contributed by atoms with van der Waals surface area (Å²) in [6.45, 7) is 9.34. The lowest BCUT2D eigenvalue weighted by molar-refractivity contribution is 0.130. The fourth-order valence-electron chi connectivity index (χ4n) is 2.34. The van der Waals surface area contributed by atoms with E-state index in [0.717, 1.165) is 16.9 Å². The van der Waals surface area contributed by atoms with Crippen LogP contribution in [0.5, 0.6) is 0 Å². The van der Waals surface area contributed by atoms with Crippen molar-refractivity contribution in [3.05, 3.63) is 71.8 Å². The minimum atomic E-state index is -1.49. The van der Waals surface area contributed by atoms with Crippen molar-refractivity contribution >= 4 is 25.9 Å². The van der Waals surface area contributed by atoms with Crippen molar-refractivity contribution < 1.29 is 4.74 Å². The van der Waals surface area contributed by atoms with Crippen LogP contribution in [0.15, 0.2) is 71.1 Å². The molecule has 0 aromatic heterocycles. The number of hydrogen-bond acceptors (Lipinski definition) is 2. The normalized spacial score (nSPS) is 12.4. The minimum absolute atomic E-state index is 0.286. The van der Waals surface area contributed by atoms with Gasteiger partial charge in [0.05, 0.1) is 5.75 Å². The van der Waals surface area contributed by atoms with E-state index in [2.05, 4.69) is 73.3 Å². The third-order valence-corrected chi connectivity index (χ3v) is 5.39. The maximum atomic E-state index is 5.96. The second-order valence-electron chi connectivity index (χ2n) is 7.27. The van der Waals surface area contributed by atoms with Gasteiger partial charge in [-0.2, -0.15) is 0 Å². The highest BCUT2D eigenvalue weighted by atomic mass is 32.2. The molecule has 0 heterocycles. The fraction of sp³-hybridized carbons (Fsp3) is 0.280. The van der Waals surface area contributed by atoms with Gasteiger partial charge in [0.2, 0.25) is 0 Å². The molecular formula is C25H28OSSi. The van der Waals surface area contributed by atoms with Crippen LogP contribution in [-0.4, -0.2) is 26.5 Å². The summed E-state index contributed by atoms with van der Waals surface area (Å²) in [7, 11) is -1.49. The Kier molecular flexibility index (Phi) is 9.18. The second-order valence-corrected chi connectivity index (χ2v) is 13.1. The van der Waals surface area contributed by atoms with Gasteiger partial charge in [0, 0.05) is 17.1 Å². The highest BCUT2D eigenvalue weighted by Crippen LogP contribution is 2.17. The molecule has 1 atom stereocenters. The summed E-state index contributed by atoms with van der Waals surface area (Å²) >= 11 is 1.74. The van der Waals surface area contributed by atoms with Crippen molar-refractivity contribution in [2.75, 3.05) is 12.4 Å². The number of ether oxygens (including phenoxy) is 1. The molecule has 2 aromatic rings. The molecule has 0 aliphatic heterocycles. The first-order valence-corrected chi connectivity index (χ1v) is 14.0. The molecule has 0 saturated carbocycles. The van der Waals surface area contributed by atoms with Crippen molar-refractivity contribution in [2.45, 2.75) is 37.6 Å². The zero-order chi connectivity index (χ0) is 20.2. The Balaban J connectivity index is 2.26. The van der Waals surface area contributed by atoms with E-state index in [0.29, 0.717) is 6.61 Å². The van der Waals surface area contributed by atoms with Gasteiger partial charge in [-0.05, 0) is 30.7 Å². The maximum Gasteiger partial charge on any atom is 0.150 e. The standard InChI is InChI=1S/C25H28OSSi/c1-5-26-25(18-20-28(2,3)4)23(21-22-13-8-6-9-14-22)15-12-19-27-24-16-10-7-11-17-24/h6-11,13-14,16-17,21,25H,5,19H2,1-4H3/b23-21+. The lowest BCUT2D eigenvalue weighted by atomic mass is 10.1. The fourth-order valence-corrected chi connectivity index (χ4v) is 3.56. The largest absolute Gasteiger partial charge is 0.360 e. The van der Waals surface area contributed by atoms with Crippen LogP contribution in [0.1, 0.15) is 12.5 Å². The highest BCUT2D eigenvalue weighted by Gasteiger charge is 2.13. The van der Waals surface area contributed by atoms with Crippen molar-refractivity contribution in [2.24, 2.45) is 0 Å². The van der Waals surface area contributed by atoms with E-state index in [1.807, 2.05) is 43.3 Å². The second kappa shape index (κ2) is 11.6. The van der Waals surface area contributed by atoms with Crippen LogP contribution in [0.3, 0.4) is 0 Å². The molecule has 2 rings (SSSR count). The Morgan fingerprint density at radius 2 is 1.68 bits per heavy atom. The first kappa shape index (κ1) is 22.1. The average Bonchev–Trinajstić information content (AvgIpc) is 2.68. The van der Waals surface area contributed by atoms with E-state index in [9.17, 15) is 0 Å². The van der Waals surface area contributed by atoms with Gasteiger partial charge < -0.3 is 4.74 Å². The molecule has 0 spiro atoms. The molecule has 2 aromatic carbocycles. The number of hydrogen-bond donors (Lipinski definition) is 0. The number of benzene rings is 2. The quantitative estimate of drug-likeness (QED) is 0.324. The van der Waals surface area contributed by atoms with Gasteiger partial charge in [0.15, 0.2) is 0 Å². The molecule has 0 saturated heterocycles. The van der Waals surface area contributed by atoms with Crippen LogP contribution in [0.25, 0.3) is 6.08 Å². The number of rotatable bonds is 6. The summed E-state index contributed by atoms with van der Waals surface area (Å²) in [5, 5.41) is 0. The zero-order valence-electron chi connectivity index (χ0n) is 17.2. The van der Waals surface area contributed by atoms with Crippen LogP contribution in [0.2, 0.25) is 19.6 Å². The average molecular weight is 405 g/mol. The molecule has 144 valence electrons. The third kappa shape index (κ3) is 8.68. The van der Waals surface area contributed by atoms with E-state index in [4.69, 9.17) is 4.74 Å². The maximum absolute atomic E-state index is 5.96. The molecule has 0 radical (unpaired) electrons. The first-order chi connectivity index (χ1) is 13.5. The molecular weight excluding hydrogens is 376 g/mol. The van der Waals surface area contributed by atoms with Crippen LogP contribution < -0.4 is 0 Å². The van der Waals surface area contributed by atoms with Gasteiger partial charge in [-0.25, -0.2) is 0 Å². The molecule has 3 heteroatoms. The van der Waals surface area contributed by atoms with Crippen LogP contribution >= 0.6 is 11.8 Å². The molecule has 1 nitrogen and oxygen atoms in total. The molecule has 0 aliphatic rings. The van der Waals surface area contributed by atoms with E-state index in [-0.39, 0.29) is 6.10 Å². The Hall–Kier alpha value is -2.17. The SMILES string of the molecule is CCOC(C#C[Si](C)(C)C)/C(C#CCSc1ccccc1)=C/c1ccccc1. The summed E-state index contributed by atoms with van der Waals surface area (Å²) in [5.74, 6) is 10.7. The van der Waals surface area contributed by atoms with E-state index < -0.39 is 8.07 Å².